The first kappa shape index (κ1) is 17.9. The molecule has 0 bridgehead atoms. The molecule has 0 aliphatic carbocycles. The van der Waals surface area contributed by atoms with Crippen molar-refractivity contribution in [1.82, 2.24) is 9.62 Å². The lowest BCUT2D eigenvalue weighted by atomic mass is 10.0. The average Bonchev–Trinajstić information content (AvgIpc) is 2.49. The fraction of sp³-hybridized carbons (Fsp3) is 0.562. The summed E-state index contributed by atoms with van der Waals surface area (Å²) < 4.78 is 27.3. The summed E-state index contributed by atoms with van der Waals surface area (Å²) in [4.78, 5) is 13.7. The summed E-state index contributed by atoms with van der Waals surface area (Å²) in [6.45, 7) is 5.95. The molecule has 0 unspecified atom stereocenters. The fourth-order valence-electron chi connectivity index (χ4n) is 2.93. The van der Waals surface area contributed by atoms with E-state index < -0.39 is 15.9 Å². The van der Waals surface area contributed by atoms with Gasteiger partial charge in [-0.05, 0) is 50.9 Å². The highest BCUT2D eigenvalue weighted by molar-refractivity contribution is 7.89. The molecule has 1 atom stereocenters. The molecule has 1 fully saturated rings. The Kier molecular flexibility index (Phi) is 5.78. The van der Waals surface area contributed by atoms with Crippen LogP contribution in [0.3, 0.4) is 0 Å². The molecule has 1 aromatic rings. The summed E-state index contributed by atoms with van der Waals surface area (Å²) in [5.41, 5.74) is 6.18. The Morgan fingerprint density at radius 2 is 2.13 bits per heavy atom. The number of nitrogens with zero attached hydrogens (tertiary/aromatic N) is 1. The zero-order valence-electron chi connectivity index (χ0n) is 13.7. The van der Waals surface area contributed by atoms with Crippen LogP contribution in [0.2, 0.25) is 0 Å². The summed E-state index contributed by atoms with van der Waals surface area (Å²) in [6, 6.07) is 4.92. The van der Waals surface area contributed by atoms with Gasteiger partial charge in [-0.25, -0.2) is 13.1 Å². The van der Waals surface area contributed by atoms with E-state index in [-0.39, 0.29) is 10.5 Å². The van der Waals surface area contributed by atoms with Gasteiger partial charge in [0, 0.05) is 24.7 Å². The molecule has 128 valence electrons. The molecule has 7 heteroatoms. The van der Waals surface area contributed by atoms with Gasteiger partial charge in [0.15, 0.2) is 0 Å². The molecule has 1 saturated heterocycles. The highest BCUT2D eigenvalue weighted by Crippen LogP contribution is 2.17. The van der Waals surface area contributed by atoms with E-state index in [9.17, 15) is 13.2 Å². The van der Waals surface area contributed by atoms with Crippen LogP contribution in [0, 0.1) is 6.92 Å². The van der Waals surface area contributed by atoms with Gasteiger partial charge in [0.1, 0.15) is 0 Å². The van der Waals surface area contributed by atoms with E-state index in [0.717, 1.165) is 19.4 Å². The van der Waals surface area contributed by atoms with E-state index in [1.54, 1.807) is 13.0 Å². The van der Waals surface area contributed by atoms with E-state index >= 15 is 0 Å². The maximum absolute atomic E-state index is 12.4. The second-order valence-electron chi connectivity index (χ2n) is 6.12. The van der Waals surface area contributed by atoms with Crippen LogP contribution >= 0.6 is 0 Å². The van der Waals surface area contributed by atoms with Crippen LogP contribution in [-0.4, -0.2) is 44.9 Å². The number of carbonyl (C=O) groups excluding carboxylic acids is 1. The minimum absolute atomic E-state index is 0.0728. The smallest absolute Gasteiger partial charge is 0.249 e. The number of rotatable bonds is 6. The molecule has 0 radical (unpaired) electrons. The number of sulfonamides is 1. The van der Waals surface area contributed by atoms with Crippen LogP contribution in [0.5, 0.6) is 0 Å². The van der Waals surface area contributed by atoms with Gasteiger partial charge in [-0.15, -0.1) is 0 Å². The number of hydrogen-bond donors (Lipinski definition) is 2. The van der Waals surface area contributed by atoms with Crippen molar-refractivity contribution in [1.29, 1.82) is 0 Å². The number of hydrogen-bond acceptors (Lipinski definition) is 4. The number of likely N-dealkylation sites (tertiary alicyclic amines) is 1. The van der Waals surface area contributed by atoms with E-state index in [0.29, 0.717) is 24.7 Å². The van der Waals surface area contributed by atoms with Crippen LogP contribution in [0.1, 0.15) is 42.1 Å². The number of primary amides is 1. The number of piperidine rings is 1. The Bertz CT molecular complexity index is 673. The predicted molar refractivity (Wildman–Crippen MR) is 89.8 cm³/mol. The molecule has 1 aliphatic heterocycles. The number of carbonyl (C=O) groups is 1. The summed E-state index contributed by atoms with van der Waals surface area (Å²) in [7, 11) is -3.64. The zero-order valence-corrected chi connectivity index (χ0v) is 14.5. The summed E-state index contributed by atoms with van der Waals surface area (Å²) in [6.07, 6.45) is 3.56. The summed E-state index contributed by atoms with van der Waals surface area (Å²) >= 11 is 0. The molecular weight excluding hydrogens is 314 g/mol. The first-order valence-electron chi connectivity index (χ1n) is 7.95. The van der Waals surface area contributed by atoms with Crippen molar-refractivity contribution in [3.63, 3.8) is 0 Å². The Balaban J connectivity index is 2.01. The maximum atomic E-state index is 12.4. The molecule has 1 heterocycles. The Morgan fingerprint density at radius 3 is 2.78 bits per heavy atom. The number of nitrogens with two attached hydrogens (primary N) is 1. The van der Waals surface area contributed by atoms with Gasteiger partial charge in [-0.3, -0.25) is 9.69 Å². The van der Waals surface area contributed by atoms with Crippen LogP contribution in [0.25, 0.3) is 0 Å². The van der Waals surface area contributed by atoms with Gasteiger partial charge in [0.2, 0.25) is 15.9 Å². The van der Waals surface area contributed by atoms with Crippen LogP contribution < -0.4 is 10.5 Å². The normalized spacial score (nSPS) is 19.7. The van der Waals surface area contributed by atoms with Crippen LogP contribution in [0.15, 0.2) is 23.1 Å². The van der Waals surface area contributed by atoms with E-state index in [1.807, 2.05) is 0 Å². The van der Waals surface area contributed by atoms with E-state index in [4.69, 9.17) is 5.73 Å². The zero-order chi connectivity index (χ0) is 17.0. The van der Waals surface area contributed by atoms with Gasteiger partial charge in [-0.1, -0.05) is 12.5 Å². The lowest BCUT2D eigenvalue weighted by molar-refractivity contribution is 0.0999. The van der Waals surface area contributed by atoms with Crippen molar-refractivity contribution in [3.8, 4) is 0 Å². The predicted octanol–water partition coefficient (Wildman–Crippen LogP) is 1.25. The second kappa shape index (κ2) is 7.42. The van der Waals surface area contributed by atoms with Crippen molar-refractivity contribution < 1.29 is 13.2 Å². The minimum atomic E-state index is -3.64. The lowest BCUT2D eigenvalue weighted by Crippen LogP contribution is -2.42. The van der Waals surface area contributed by atoms with E-state index in [1.165, 1.54) is 18.6 Å². The Hall–Kier alpha value is -1.44. The molecule has 1 aliphatic rings. The summed E-state index contributed by atoms with van der Waals surface area (Å²) in [5, 5.41) is 0. The molecule has 23 heavy (non-hydrogen) atoms. The van der Waals surface area contributed by atoms with Gasteiger partial charge in [-0.2, -0.15) is 0 Å². The standard InChI is InChI=1S/C16H25N3O3S/c1-12-6-7-14(11-15(12)16(17)20)23(21,22)18-8-10-19-9-4-3-5-13(19)2/h6-7,11,13,18H,3-5,8-10H2,1-2H3,(H2,17,20)/t13-/m0/s1. The second-order valence-corrected chi connectivity index (χ2v) is 7.89. The molecule has 6 nitrogen and oxygen atoms in total. The molecule has 3 N–H and O–H groups in total. The molecule has 1 amide bonds. The highest BCUT2D eigenvalue weighted by Gasteiger charge is 2.20. The molecular formula is C16H25N3O3S. The van der Waals surface area contributed by atoms with Crippen LogP contribution in [-0.2, 0) is 10.0 Å². The van der Waals surface area contributed by atoms with Crippen molar-refractivity contribution >= 4 is 15.9 Å². The number of amides is 1. The quantitative estimate of drug-likeness (QED) is 0.816. The molecule has 0 aromatic heterocycles. The summed E-state index contributed by atoms with van der Waals surface area (Å²) in [5.74, 6) is -0.623. The molecule has 1 aromatic carbocycles. The molecule has 0 spiro atoms. The van der Waals surface area contributed by atoms with Crippen molar-refractivity contribution in [2.24, 2.45) is 5.73 Å². The Morgan fingerprint density at radius 1 is 1.39 bits per heavy atom. The topological polar surface area (TPSA) is 92.5 Å². The average molecular weight is 339 g/mol. The number of benzene rings is 1. The molecule has 0 saturated carbocycles. The monoisotopic (exact) mass is 339 g/mol. The van der Waals surface area contributed by atoms with Gasteiger partial charge >= 0.3 is 0 Å². The number of aryl methyl sites for hydroxylation is 1. The SMILES string of the molecule is Cc1ccc(S(=O)(=O)NCCN2CCCC[C@@H]2C)cc1C(N)=O. The van der Waals surface area contributed by atoms with Crippen molar-refractivity contribution in [2.45, 2.75) is 44.0 Å². The molecule has 2 rings (SSSR count). The number of nitrogens with one attached hydrogen (secondary N) is 1. The maximum Gasteiger partial charge on any atom is 0.249 e. The third kappa shape index (κ3) is 4.53. The van der Waals surface area contributed by atoms with Crippen molar-refractivity contribution in [3.05, 3.63) is 29.3 Å². The fourth-order valence-corrected chi connectivity index (χ4v) is 3.98. The van der Waals surface area contributed by atoms with E-state index in [2.05, 4.69) is 16.5 Å². The third-order valence-electron chi connectivity index (χ3n) is 4.42. The van der Waals surface area contributed by atoms with Gasteiger partial charge in [0.05, 0.1) is 4.90 Å². The first-order chi connectivity index (χ1) is 10.8. The lowest BCUT2D eigenvalue weighted by Gasteiger charge is -2.33. The van der Waals surface area contributed by atoms with Gasteiger partial charge < -0.3 is 5.73 Å². The first-order valence-corrected chi connectivity index (χ1v) is 9.44. The van der Waals surface area contributed by atoms with Crippen LogP contribution in [0.4, 0.5) is 0 Å². The highest BCUT2D eigenvalue weighted by atomic mass is 32.2. The third-order valence-corrected chi connectivity index (χ3v) is 5.88. The Labute approximate surface area is 138 Å². The van der Waals surface area contributed by atoms with Crippen molar-refractivity contribution in [2.75, 3.05) is 19.6 Å². The largest absolute Gasteiger partial charge is 0.366 e. The minimum Gasteiger partial charge on any atom is -0.366 e. The van der Waals surface area contributed by atoms with Gasteiger partial charge in [0.25, 0.3) is 0 Å².